The maximum atomic E-state index is 9.65. The van der Waals surface area contributed by atoms with Gasteiger partial charge in [-0.25, -0.2) is 4.98 Å². The van der Waals surface area contributed by atoms with Crippen LogP contribution in [0.1, 0.15) is 31.4 Å². The van der Waals surface area contributed by atoms with Gasteiger partial charge in [-0.05, 0) is 18.8 Å². The second kappa shape index (κ2) is 5.25. The first-order valence-corrected chi connectivity index (χ1v) is 6.84. The van der Waals surface area contributed by atoms with Gasteiger partial charge in [0.2, 0.25) is 0 Å². The van der Waals surface area contributed by atoms with Crippen LogP contribution in [0.4, 0.5) is 0 Å². The third kappa shape index (κ3) is 2.29. The summed E-state index contributed by atoms with van der Waals surface area (Å²) in [5.74, 6) is 0.448. The van der Waals surface area contributed by atoms with Crippen molar-refractivity contribution < 1.29 is 10.2 Å². The summed E-state index contributed by atoms with van der Waals surface area (Å²) in [5.41, 5.74) is 2.45. The Morgan fingerprint density at radius 2 is 2.00 bits per heavy atom. The summed E-state index contributed by atoms with van der Waals surface area (Å²) in [6.07, 6.45) is 5.41. The van der Waals surface area contributed by atoms with Gasteiger partial charge in [0.25, 0.3) is 0 Å². The Morgan fingerprint density at radius 3 is 2.50 bits per heavy atom. The summed E-state index contributed by atoms with van der Waals surface area (Å²) in [6, 6.07) is 0. The van der Waals surface area contributed by atoms with Gasteiger partial charge >= 0.3 is 0 Å². The summed E-state index contributed by atoms with van der Waals surface area (Å²) in [5, 5.41) is 21.3. The molecule has 0 unspecified atom stereocenters. The zero-order valence-corrected chi connectivity index (χ0v) is 10.2. The average Bonchev–Trinajstić information content (AvgIpc) is 2.99. The summed E-state index contributed by atoms with van der Waals surface area (Å²) in [4.78, 5) is 4.26. The number of aromatic nitrogens is 1. The zero-order valence-electron chi connectivity index (χ0n) is 9.43. The molecule has 3 nitrogen and oxygen atoms in total. The lowest BCUT2D eigenvalue weighted by Gasteiger charge is -2.35. The number of aliphatic hydroxyl groups excluding tert-OH is 2. The van der Waals surface area contributed by atoms with Crippen molar-refractivity contribution >= 4 is 11.3 Å². The lowest BCUT2D eigenvalue weighted by Crippen LogP contribution is -2.39. The van der Waals surface area contributed by atoms with Gasteiger partial charge in [-0.15, -0.1) is 11.3 Å². The highest BCUT2D eigenvalue weighted by Gasteiger charge is 2.39. The Hall–Kier alpha value is -0.450. The van der Waals surface area contributed by atoms with E-state index in [-0.39, 0.29) is 18.6 Å². The molecule has 0 saturated heterocycles. The first-order valence-electron chi connectivity index (χ1n) is 5.89. The molecule has 0 bridgehead atoms. The third-order valence-electron chi connectivity index (χ3n) is 3.87. The summed E-state index contributed by atoms with van der Waals surface area (Å²) in [7, 11) is 0. The minimum absolute atomic E-state index is 0.0612. The van der Waals surface area contributed by atoms with Crippen LogP contribution in [0, 0.1) is 11.3 Å². The number of rotatable bonds is 5. The van der Waals surface area contributed by atoms with Crippen molar-refractivity contribution in [3.8, 4) is 0 Å². The van der Waals surface area contributed by atoms with Gasteiger partial charge in [-0.2, -0.15) is 0 Å². The molecule has 90 valence electrons. The van der Waals surface area contributed by atoms with Crippen molar-refractivity contribution in [2.75, 3.05) is 13.2 Å². The molecule has 1 aromatic rings. The standard InChI is InChI=1S/C12H19NO2S/c14-7-12(8-15,10-3-1-2-4-10)5-11-6-16-9-13-11/h6,9-10,14-15H,1-5,7-8H2. The van der Waals surface area contributed by atoms with Gasteiger partial charge in [0.1, 0.15) is 0 Å². The van der Waals surface area contributed by atoms with Crippen LogP contribution in [-0.2, 0) is 6.42 Å². The Labute approximate surface area is 100 Å². The van der Waals surface area contributed by atoms with E-state index in [4.69, 9.17) is 0 Å². The van der Waals surface area contributed by atoms with Crippen LogP contribution in [0.3, 0.4) is 0 Å². The van der Waals surface area contributed by atoms with Crippen molar-refractivity contribution in [2.24, 2.45) is 11.3 Å². The summed E-state index contributed by atoms with van der Waals surface area (Å²) < 4.78 is 0. The smallest absolute Gasteiger partial charge is 0.0794 e. The Bertz CT molecular complexity index is 303. The minimum atomic E-state index is -0.357. The number of thiazole rings is 1. The number of aliphatic hydroxyl groups is 2. The molecule has 4 heteroatoms. The molecule has 1 aliphatic carbocycles. The van der Waals surface area contributed by atoms with Crippen molar-refractivity contribution in [3.05, 3.63) is 16.6 Å². The molecule has 0 aromatic carbocycles. The molecule has 16 heavy (non-hydrogen) atoms. The predicted octanol–water partition coefficient (Wildman–Crippen LogP) is 1.85. The molecule has 0 atom stereocenters. The maximum Gasteiger partial charge on any atom is 0.0794 e. The highest BCUT2D eigenvalue weighted by molar-refractivity contribution is 7.07. The van der Waals surface area contributed by atoms with E-state index in [1.165, 1.54) is 12.8 Å². The van der Waals surface area contributed by atoms with Crippen molar-refractivity contribution in [1.82, 2.24) is 4.98 Å². The van der Waals surface area contributed by atoms with Crippen LogP contribution < -0.4 is 0 Å². The number of hydrogen-bond acceptors (Lipinski definition) is 4. The molecule has 1 heterocycles. The van der Waals surface area contributed by atoms with E-state index in [9.17, 15) is 10.2 Å². The highest BCUT2D eigenvalue weighted by Crippen LogP contribution is 2.41. The first-order chi connectivity index (χ1) is 7.80. The van der Waals surface area contributed by atoms with Gasteiger partial charge in [0.15, 0.2) is 0 Å². The quantitative estimate of drug-likeness (QED) is 0.827. The maximum absolute atomic E-state index is 9.65. The fourth-order valence-electron chi connectivity index (χ4n) is 2.79. The Kier molecular flexibility index (Phi) is 3.95. The molecule has 0 aliphatic heterocycles. The summed E-state index contributed by atoms with van der Waals surface area (Å²) >= 11 is 1.57. The van der Waals surface area contributed by atoms with E-state index >= 15 is 0 Å². The van der Waals surface area contributed by atoms with E-state index in [2.05, 4.69) is 4.98 Å². The molecule has 0 amide bonds. The SMILES string of the molecule is OCC(CO)(Cc1cscn1)C1CCCC1. The Morgan fingerprint density at radius 1 is 1.31 bits per heavy atom. The van der Waals surface area contributed by atoms with Crippen molar-refractivity contribution in [1.29, 1.82) is 0 Å². The Balaban J connectivity index is 2.13. The molecule has 0 spiro atoms. The molecule has 2 N–H and O–H groups in total. The van der Waals surface area contributed by atoms with E-state index in [0.717, 1.165) is 18.5 Å². The fourth-order valence-corrected chi connectivity index (χ4v) is 3.35. The van der Waals surface area contributed by atoms with E-state index in [1.807, 2.05) is 10.9 Å². The molecule has 1 saturated carbocycles. The first kappa shape index (κ1) is 12.0. The number of nitrogens with zero attached hydrogens (tertiary/aromatic N) is 1. The minimum Gasteiger partial charge on any atom is -0.396 e. The van der Waals surface area contributed by atoms with E-state index < -0.39 is 0 Å². The molecule has 1 aliphatic rings. The lowest BCUT2D eigenvalue weighted by atomic mass is 9.72. The third-order valence-corrected chi connectivity index (χ3v) is 4.50. The normalized spacial score (nSPS) is 18.1. The van der Waals surface area contributed by atoms with Crippen LogP contribution in [0.2, 0.25) is 0 Å². The zero-order chi connectivity index (χ0) is 11.4. The number of hydrogen-bond donors (Lipinski definition) is 2. The monoisotopic (exact) mass is 241 g/mol. The van der Waals surface area contributed by atoms with Crippen molar-refractivity contribution in [3.63, 3.8) is 0 Å². The van der Waals surface area contributed by atoms with Gasteiger partial charge in [-0.1, -0.05) is 12.8 Å². The lowest BCUT2D eigenvalue weighted by molar-refractivity contribution is 0.00506. The van der Waals surface area contributed by atoms with Gasteiger partial charge in [0, 0.05) is 17.2 Å². The predicted molar refractivity (Wildman–Crippen MR) is 64.4 cm³/mol. The van der Waals surface area contributed by atoms with Crippen LogP contribution in [0.5, 0.6) is 0 Å². The van der Waals surface area contributed by atoms with E-state index in [1.54, 1.807) is 11.3 Å². The largest absolute Gasteiger partial charge is 0.396 e. The fraction of sp³-hybridized carbons (Fsp3) is 0.750. The molecule has 2 rings (SSSR count). The molecular weight excluding hydrogens is 222 g/mol. The van der Waals surface area contributed by atoms with E-state index in [0.29, 0.717) is 12.3 Å². The molecular formula is C12H19NO2S. The second-order valence-corrected chi connectivity index (χ2v) is 5.54. The second-order valence-electron chi connectivity index (χ2n) is 4.82. The molecule has 0 radical (unpaired) electrons. The van der Waals surface area contributed by atoms with Crippen LogP contribution in [0.15, 0.2) is 10.9 Å². The summed E-state index contributed by atoms with van der Waals surface area (Å²) in [6.45, 7) is 0.122. The van der Waals surface area contributed by atoms with Crippen LogP contribution >= 0.6 is 11.3 Å². The topological polar surface area (TPSA) is 53.4 Å². The van der Waals surface area contributed by atoms with Gasteiger partial charge < -0.3 is 10.2 Å². The molecule has 1 aromatic heterocycles. The van der Waals surface area contributed by atoms with Gasteiger partial charge in [-0.3, -0.25) is 0 Å². The average molecular weight is 241 g/mol. The van der Waals surface area contributed by atoms with Gasteiger partial charge in [0.05, 0.1) is 24.4 Å². The van der Waals surface area contributed by atoms with Crippen LogP contribution in [0.25, 0.3) is 0 Å². The van der Waals surface area contributed by atoms with Crippen LogP contribution in [-0.4, -0.2) is 28.4 Å². The molecule has 1 fully saturated rings. The highest BCUT2D eigenvalue weighted by atomic mass is 32.1. The van der Waals surface area contributed by atoms with Crippen molar-refractivity contribution in [2.45, 2.75) is 32.1 Å².